The Morgan fingerprint density at radius 3 is 1.01 bits per heavy atom. The summed E-state index contributed by atoms with van der Waals surface area (Å²) in [7, 11) is 0. The summed E-state index contributed by atoms with van der Waals surface area (Å²) in [5.41, 5.74) is 27.5. The quantitative estimate of drug-likeness (QED) is 0.0958. The summed E-state index contributed by atoms with van der Waals surface area (Å²) >= 11 is 0. The van der Waals surface area contributed by atoms with E-state index in [0.717, 1.165) is 232 Å². The van der Waals surface area contributed by atoms with Crippen LogP contribution in [-0.2, 0) is 5.41 Å². The minimum absolute atomic E-state index is 0.137. The molecular formula is C116H83N7O2. The second-order valence-electron chi connectivity index (χ2n) is 34.1. The molecule has 0 radical (unpaired) electrons. The number of benzene rings is 18. The van der Waals surface area contributed by atoms with Gasteiger partial charge in [0.1, 0.15) is 17.0 Å². The lowest BCUT2D eigenvalue weighted by Gasteiger charge is -2.30. The third-order valence-electron chi connectivity index (χ3n) is 25.7. The van der Waals surface area contributed by atoms with E-state index in [2.05, 4.69) is 468 Å². The van der Waals surface area contributed by atoms with Crippen molar-refractivity contribution in [2.75, 3.05) is 14.7 Å². The molecule has 0 saturated heterocycles. The van der Waals surface area contributed by atoms with Gasteiger partial charge in [0.05, 0.1) is 67.1 Å². The standard InChI is InChI=1S/C116H83N7O2/c1-7-8-44-94-109-88-65-69-96-108(92-50-30-53-100(111(92)120(96)77-36-15-10-16-37-77)118(82-43-26-33-74(3)72-82)103-56-28-48-90-84-46-22-24-58-105(84)125-114(90)103)87(88)66-70-98(109)122(79-40-19-12-20-41-79)115(94)123(80-61-59-75(60-62-80)116(4,5)6)101-54-31-51-93-107-86-63-67-95-106(85(86)64-68-97(107)121(112(93)101)78-38-17-11-18-39-78)91-49-29-52-99(110(91)119(95)76-34-13-9-14-35-76)117(81-42-25-32-73(2)71-81)102-55-27-47-89-83-45-21-23-57-104(83)124-113(89)102/h7-72H,1H2,2-6H3/b44-8-. The fourth-order valence-electron chi connectivity index (χ4n) is 20.4. The average Bonchev–Trinajstić information content (AvgIpc) is 1.54. The van der Waals surface area contributed by atoms with Crippen molar-refractivity contribution < 1.29 is 8.83 Å². The molecule has 0 aliphatic rings. The highest BCUT2D eigenvalue weighted by atomic mass is 16.3. The Morgan fingerprint density at radius 1 is 0.280 bits per heavy atom. The van der Waals surface area contributed by atoms with Crippen molar-refractivity contribution in [1.29, 1.82) is 0 Å². The molecule has 6 aromatic heterocycles. The van der Waals surface area contributed by atoms with Crippen molar-refractivity contribution in [2.45, 2.75) is 40.0 Å². The molecule has 0 spiro atoms. The number of rotatable bonds is 15. The predicted octanol–water partition coefficient (Wildman–Crippen LogP) is 32.5. The predicted molar refractivity (Wildman–Crippen MR) is 527 cm³/mol. The van der Waals surface area contributed by atoms with Gasteiger partial charge in [-0.15, -0.1) is 0 Å². The SMILES string of the molecule is C=C/C=C\c1c(N(c2ccc(C(C)(C)C)cc2)c2cccc3c4c5ccc6c(c5ccc4n(-c4ccccc4)c23)c2cccc(N(c3cccc(C)c3)c3cccc4c3oc3ccccc34)c2n6-c2ccccc2)n(-c2ccccc2)c2ccc3c(ccc4c3c3cccc(N(c5cccc(C)c5)c5cccc6c5oc5ccccc56)c3n4-c3ccccc3)c12. The molecule has 24 rings (SSSR count). The second kappa shape index (κ2) is 28.5. The van der Waals surface area contributed by atoms with Crippen LogP contribution >= 0.6 is 0 Å². The third-order valence-corrected chi connectivity index (χ3v) is 25.7. The lowest BCUT2D eigenvalue weighted by molar-refractivity contribution is 0.590. The van der Waals surface area contributed by atoms with Crippen LogP contribution in [0.5, 0.6) is 0 Å². The number of aromatic nitrogens is 4. The van der Waals surface area contributed by atoms with Crippen LogP contribution in [0, 0.1) is 13.8 Å². The van der Waals surface area contributed by atoms with Gasteiger partial charge < -0.3 is 32.3 Å². The Balaban J connectivity index is 0.787. The minimum Gasteiger partial charge on any atom is -0.454 e. The van der Waals surface area contributed by atoms with Crippen molar-refractivity contribution in [2.24, 2.45) is 0 Å². The Kier molecular flexibility index (Phi) is 16.6. The van der Waals surface area contributed by atoms with Gasteiger partial charge in [-0.25, -0.2) is 0 Å². The molecule has 594 valence electrons. The number of nitrogens with zero attached hydrogens (tertiary/aromatic N) is 7. The van der Waals surface area contributed by atoms with Crippen LogP contribution in [0.3, 0.4) is 0 Å². The Labute approximate surface area is 722 Å². The van der Waals surface area contributed by atoms with Gasteiger partial charge in [-0.2, -0.15) is 0 Å². The molecule has 6 heterocycles. The third kappa shape index (κ3) is 11.3. The summed E-state index contributed by atoms with van der Waals surface area (Å²) < 4.78 is 24.0. The monoisotopic (exact) mass is 1610 g/mol. The van der Waals surface area contributed by atoms with Crippen molar-refractivity contribution in [3.8, 4) is 22.7 Å². The molecule has 125 heavy (non-hydrogen) atoms. The summed E-state index contributed by atoms with van der Waals surface area (Å²) in [5.74, 6) is 0.965. The van der Waals surface area contributed by atoms with Gasteiger partial charge in [-0.1, -0.05) is 276 Å². The second-order valence-corrected chi connectivity index (χ2v) is 34.1. The first kappa shape index (κ1) is 72.9. The van der Waals surface area contributed by atoms with Gasteiger partial charge in [-0.3, -0.25) is 9.47 Å². The maximum Gasteiger partial charge on any atom is 0.159 e. The number of allylic oxidation sites excluding steroid dienone is 2. The van der Waals surface area contributed by atoms with Gasteiger partial charge in [0.2, 0.25) is 0 Å². The van der Waals surface area contributed by atoms with Crippen LogP contribution in [0.15, 0.2) is 410 Å². The summed E-state index contributed by atoms with van der Waals surface area (Å²) in [5, 5.41) is 16.7. The smallest absolute Gasteiger partial charge is 0.159 e. The maximum atomic E-state index is 6.98. The van der Waals surface area contributed by atoms with Crippen LogP contribution in [0.25, 0.3) is 171 Å². The van der Waals surface area contributed by atoms with E-state index < -0.39 is 0 Å². The minimum atomic E-state index is -0.137. The molecule has 0 unspecified atom stereocenters. The Morgan fingerprint density at radius 2 is 0.616 bits per heavy atom. The van der Waals surface area contributed by atoms with Crippen LogP contribution in [0.1, 0.15) is 43.0 Å². The van der Waals surface area contributed by atoms with Gasteiger partial charge >= 0.3 is 0 Å². The normalized spacial score (nSPS) is 12.2. The molecular weight excluding hydrogens is 1520 g/mol. The molecule has 0 bridgehead atoms. The largest absolute Gasteiger partial charge is 0.454 e. The molecule has 0 amide bonds. The fraction of sp³-hybridized carbons (Fsp3) is 0.0517. The van der Waals surface area contributed by atoms with E-state index in [9.17, 15) is 0 Å². The number of anilines is 9. The van der Waals surface area contributed by atoms with Crippen LogP contribution < -0.4 is 14.7 Å². The number of furan rings is 2. The average molecular weight is 1610 g/mol. The van der Waals surface area contributed by atoms with E-state index in [1.54, 1.807) is 0 Å². The van der Waals surface area contributed by atoms with Crippen molar-refractivity contribution >= 4 is 199 Å². The highest BCUT2D eigenvalue weighted by Crippen LogP contribution is 2.56. The molecule has 0 aliphatic heterocycles. The van der Waals surface area contributed by atoms with E-state index in [1.165, 1.54) is 5.56 Å². The molecule has 0 atom stereocenters. The molecule has 9 heteroatoms. The number of para-hydroxylation sites is 11. The number of hydrogen-bond acceptors (Lipinski definition) is 5. The van der Waals surface area contributed by atoms with E-state index in [1.807, 2.05) is 6.08 Å². The first-order valence-electron chi connectivity index (χ1n) is 43.0. The fourth-order valence-corrected chi connectivity index (χ4v) is 20.4. The van der Waals surface area contributed by atoms with E-state index in [-0.39, 0.29) is 5.41 Å². The Bertz CT molecular complexity index is 8570. The van der Waals surface area contributed by atoms with Crippen LogP contribution in [0.2, 0.25) is 0 Å². The first-order valence-corrected chi connectivity index (χ1v) is 43.0. The summed E-state index contributed by atoms with van der Waals surface area (Å²) in [4.78, 5) is 7.39. The zero-order valence-corrected chi connectivity index (χ0v) is 69.8. The summed E-state index contributed by atoms with van der Waals surface area (Å²) in [6, 6.07) is 140. The van der Waals surface area contributed by atoms with Gasteiger partial charge in [0.25, 0.3) is 0 Å². The lowest BCUT2D eigenvalue weighted by Crippen LogP contribution is -2.17. The van der Waals surface area contributed by atoms with E-state index in [4.69, 9.17) is 8.83 Å². The number of hydrogen-bond donors (Lipinski definition) is 0. The van der Waals surface area contributed by atoms with Gasteiger partial charge in [0, 0.05) is 105 Å². The number of aryl methyl sites for hydroxylation is 2. The highest BCUT2D eigenvalue weighted by molar-refractivity contribution is 6.33. The van der Waals surface area contributed by atoms with Crippen LogP contribution in [0.4, 0.5) is 51.3 Å². The number of fused-ring (bicyclic) bond motifs is 22. The van der Waals surface area contributed by atoms with Crippen molar-refractivity contribution in [3.63, 3.8) is 0 Å². The molecule has 24 aromatic rings. The first-order chi connectivity index (χ1) is 61.5. The molecule has 9 nitrogen and oxygen atoms in total. The van der Waals surface area contributed by atoms with Gasteiger partial charge in [0.15, 0.2) is 11.2 Å². The maximum absolute atomic E-state index is 6.98. The lowest BCUT2D eigenvalue weighted by atomic mass is 9.87. The molecule has 0 saturated carbocycles. The topological polar surface area (TPSA) is 55.7 Å². The van der Waals surface area contributed by atoms with Crippen molar-refractivity contribution in [1.82, 2.24) is 18.3 Å². The van der Waals surface area contributed by atoms with Gasteiger partial charge in [-0.05, 0) is 209 Å². The highest BCUT2D eigenvalue weighted by Gasteiger charge is 2.34. The van der Waals surface area contributed by atoms with E-state index >= 15 is 0 Å². The zero-order chi connectivity index (χ0) is 83.5. The summed E-state index contributed by atoms with van der Waals surface area (Å²) in [6.07, 6.45) is 6.34. The van der Waals surface area contributed by atoms with E-state index in [0.29, 0.717) is 0 Å². The molecule has 0 fully saturated rings. The van der Waals surface area contributed by atoms with Crippen molar-refractivity contribution in [3.05, 3.63) is 423 Å². The summed E-state index contributed by atoms with van der Waals surface area (Å²) in [6.45, 7) is 15.7. The van der Waals surface area contributed by atoms with Crippen LogP contribution in [-0.4, -0.2) is 18.3 Å². The molecule has 18 aromatic carbocycles. The molecule has 0 N–H and O–H groups in total. The molecule has 0 aliphatic carbocycles. The Hall–Kier alpha value is -16.1. The zero-order valence-electron chi connectivity index (χ0n) is 69.8.